The van der Waals surface area contributed by atoms with Gasteiger partial charge in [-0.3, -0.25) is 4.31 Å². The predicted molar refractivity (Wildman–Crippen MR) is 84.7 cm³/mol. The van der Waals surface area contributed by atoms with Crippen LogP contribution >= 0.6 is 15.9 Å². The molecule has 1 aliphatic heterocycles. The molecule has 0 aromatic heterocycles. The molecule has 1 atom stereocenters. The molecule has 110 valence electrons. The molecule has 0 saturated heterocycles. The van der Waals surface area contributed by atoms with Crippen molar-refractivity contribution in [2.24, 2.45) is 0 Å². The first-order chi connectivity index (χ1) is 10.00. The average Bonchev–Trinajstić information content (AvgIpc) is 2.48. The minimum Gasteiger partial charge on any atom is -0.388 e. The van der Waals surface area contributed by atoms with Gasteiger partial charge in [-0.15, -0.1) is 0 Å². The van der Waals surface area contributed by atoms with Gasteiger partial charge in [-0.25, -0.2) is 8.42 Å². The summed E-state index contributed by atoms with van der Waals surface area (Å²) in [4.78, 5) is 0.247. The average molecular weight is 368 g/mol. The number of rotatable bonds is 2. The highest BCUT2D eigenvalue weighted by molar-refractivity contribution is 9.10. The number of sulfonamides is 1. The van der Waals surface area contributed by atoms with Gasteiger partial charge in [0.05, 0.1) is 16.7 Å². The Balaban J connectivity index is 2.08. The monoisotopic (exact) mass is 367 g/mol. The number of aliphatic hydroxyl groups excluding tert-OH is 1. The van der Waals surface area contributed by atoms with Crippen molar-refractivity contribution >= 4 is 31.6 Å². The number of anilines is 1. The third-order valence-corrected chi connectivity index (χ3v) is 5.93. The molecule has 1 unspecified atom stereocenters. The van der Waals surface area contributed by atoms with E-state index in [2.05, 4.69) is 15.9 Å². The first kappa shape index (κ1) is 14.6. The first-order valence-electron chi connectivity index (χ1n) is 6.55. The molecule has 2 aromatic rings. The van der Waals surface area contributed by atoms with Crippen molar-refractivity contribution in [1.29, 1.82) is 0 Å². The van der Waals surface area contributed by atoms with E-state index in [1.807, 2.05) is 0 Å². The Hall–Kier alpha value is -1.37. The topological polar surface area (TPSA) is 57.6 Å². The summed E-state index contributed by atoms with van der Waals surface area (Å²) in [5, 5.41) is 10.0. The van der Waals surface area contributed by atoms with Gasteiger partial charge in [0.1, 0.15) is 0 Å². The summed E-state index contributed by atoms with van der Waals surface area (Å²) >= 11 is 3.30. The zero-order valence-corrected chi connectivity index (χ0v) is 13.5. The molecule has 0 fully saturated rings. The highest BCUT2D eigenvalue weighted by Gasteiger charge is 2.32. The SMILES string of the molecule is O=S(=O)(c1ccc(Br)cc1)N1CCC(O)c2ccccc21. The molecule has 1 N–H and O–H groups in total. The molecule has 0 saturated carbocycles. The second-order valence-corrected chi connectivity index (χ2v) is 7.67. The van der Waals surface area contributed by atoms with Crippen molar-refractivity contribution in [2.75, 3.05) is 10.8 Å². The zero-order chi connectivity index (χ0) is 15.0. The van der Waals surface area contributed by atoms with Crippen LogP contribution in [0.4, 0.5) is 5.69 Å². The minimum absolute atomic E-state index is 0.247. The fraction of sp³-hybridized carbons (Fsp3) is 0.200. The summed E-state index contributed by atoms with van der Waals surface area (Å²) in [6.45, 7) is 0.274. The molecular formula is C15H14BrNO3S. The summed E-state index contributed by atoms with van der Waals surface area (Å²) in [6.07, 6.45) is -0.218. The lowest BCUT2D eigenvalue weighted by molar-refractivity contribution is 0.166. The molecule has 1 aliphatic rings. The Morgan fingerprint density at radius 2 is 1.76 bits per heavy atom. The lowest BCUT2D eigenvalue weighted by atomic mass is 10.0. The van der Waals surface area contributed by atoms with Crippen LogP contribution in [0.3, 0.4) is 0 Å². The number of fused-ring (bicyclic) bond motifs is 1. The highest BCUT2D eigenvalue weighted by Crippen LogP contribution is 2.36. The molecule has 21 heavy (non-hydrogen) atoms. The van der Waals surface area contributed by atoms with E-state index >= 15 is 0 Å². The Labute approximate surface area is 132 Å². The van der Waals surface area contributed by atoms with Crippen LogP contribution in [0.5, 0.6) is 0 Å². The van der Waals surface area contributed by atoms with Crippen LogP contribution in [0.15, 0.2) is 57.9 Å². The second-order valence-electron chi connectivity index (χ2n) is 4.89. The standard InChI is InChI=1S/C15H14BrNO3S/c16-11-5-7-12(8-6-11)21(19,20)17-10-9-15(18)13-3-1-2-4-14(13)17/h1-8,15,18H,9-10H2. The summed E-state index contributed by atoms with van der Waals surface area (Å²) in [6, 6.07) is 13.6. The van der Waals surface area contributed by atoms with Crippen LogP contribution in [0.1, 0.15) is 18.1 Å². The van der Waals surface area contributed by atoms with Gasteiger partial charge in [-0.05, 0) is 36.8 Å². The number of hydrogen-bond donors (Lipinski definition) is 1. The Morgan fingerprint density at radius 1 is 1.10 bits per heavy atom. The molecule has 4 nitrogen and oxygen atoms in total. The van der Waals surface area contributed by atoms with Gasteiger partial charge >= 0.3 is 0 Å². The van der Waals surface area contributed by atoms with E-state index in [0.29, 0.717) is 17.7 Å². The van der Waals surface area contributed by atoms with Crippen LogP contribution in [-0.4, -0.2) is 20.1 Å². The molecular weight excluding hydrogens is 354 g/mol. The molecule has 6 heteroatoms. The van der Waals surface area contributed by atoms with Crippen molar-refractivity contribution in [2.45, 2.75) is 17.4 Å². The van der Waals surface area contributed by atoms with Crippen molar-refractivity contribution in [3.63, 3.8) is 0 Å². The number of nitrogens with zero attached hydrogens (tertiary/aromatic N) is 1. The number of hydrogen-bond acceptors (Lipinski definition) is 3. The third-order valence-electron chi connectivity index (χ3n) is 3.57. The lowest BCUT2D eigenvalue weighted by Crippen LogP contribution is -2.36. The number of para-hydroxylation sites is 1. The molecule has 0 radical (unpaired) electrons. The maximum absolute atomic E-state index is 12.8. The van der Waals surface area contributed by atoms with E-state index < -0.39 is 16.1 Å². The van der Waals surface area contributed by atoms with Crippen molar-refractivity contribution in [3.05, 3.63) is 58.6 Å². The summed E-state index contributed by atoms with van der Waals surface area (Å²) in [5.41, 5.74) is 1.21. The molecule has 0 amide bonds. The Morgan fingerprint density at radius 3 is 2.48 bits per heavy atom. The van der Waals surface area contributed by atoms with E-state index in [1.54, 1.807) is 48.5 Å². The van der Waals surface area contributed by atoms with Gasteiger partial charge in [0.2, 0.25) is 0 Å². The quantitative estimate of drug-likeness (QED) is 0.886. The highest BCUT2D eigenvalue weighted by atomic mass is 79.9. The third kappa shape index (κ3) is 2.59. The molecule has 2 aromatic carbocycles. The van der Waals surface area contributed by atoms with Crippen LogP contribution in [0.2, 0.25) is 0 Å². The molecule has 1 heterocycles. The van der Waals surface area contributed by atoms with Crippen molar-refractivity contribution in [3.8, 4) is 0 Å². The van der Waals surface area contributed by atoms with Gasteiger partial charge in [0, 0.05) is 16.6 Å². The predicted octanol–water partition coefficient (Wildman–Crippen LogP) is 3.08. The smallest absolute Gasteiger partial charge is 0.264 e. The number of halogens is 1. The van der Waals surface area contributed by atoms with Crippen LogP contribution in [0, 0.1) is 0 Å². The summed E-state index contributed by atoms with van der Waals surface area (Å²) in [7, 11) is -3.61. The minimum atomic E-state index is -3.61. The zero-order valence-electron chi connectivity index (χ0n) is 11.1. The number of benzene rings is 2. The molecule has 0 bridgehead atoms. The van der Waals surface area contributed by atoms with E-state index in [1.165, 1.54) is 4.31 Å². The second kappa shape index (κ2) is 5.44. The van der Waals surface area contributed by atoms with Gasteiger partial charge < -0.3 is 5.11 Å². The lowest BCUT2D eigenvalue weighted by Gasteiger charge is -2.32. The molecule has 0 aliphatic carbocycles. The largest absolute Gasteiger partial charge is 0.388 e. The molecule has 3 rings (SSSR count). The van der Waals surface area contributed by atoms with Gasteiger partial charge in [0.25, 0.3) is 10.0 Å². The van der Waals surface area contributed by atoms with Crippen LogP contribution in [-0.2, 0) is 10.0 Å². The molecule has 0 spiro atoms. The van der Waals surface area contributed by atoms with Gasteiger partial charge in [-0.1, -0.05) is 34.1 Å². The normalized spacial score (nSPS) is 18.4. The van der Waals surface area contributed by atoms with E-state index in [0.717, 1.165) is 4.47 Å². The van der Waals surface area contributed by atoms with Gasteiger partial charge in [0.15, 0.2) is 0 Å². The van der Waals surface area contributed by atoms with Gasteiger partial charge in [-0.2, -0.15) is 0 Å². The summed E-state index contributed by atoms with van der Waals surface area (Å²) in [5.74, 6) is 0. The van der Waals surface area contributed by atoms with E-state index in [4.69, 9.17) is 0 Å². The van der Waals surface area contributed by atoms with E-state index in [-0.39, 0.29) is 11.4 Å². The van der Waals surface area contributed by atoms with Crippen molar-refractivity contribution in [1.82, 2.24) is 0 Å². The Bertz CT molecular complexity index is 759. The first-order valence-corrected chi connectivity index (χ1v) is 8.79. The summed E-state index contributed by atoms with van der Waals surface area (Å²) < 4.78 is 27.8. The van der Waals surface area contributed by atoms with E-state index in [9.17, 15) is 13.5 Å². The van der Waals surface area contributed by atoms with Crippen LogP contribution < -0.4 is 4.31 Å². The maximum Gasteiger partial charge on any atom is 0.264 e. The number of aliphatic hydroxyl groups is 1. The fourth-order valence-corrected chi connectivity index (χ4v) is 4.27. The maximum atomic E-state index is 12.8. The van der Waals surface area contributed by atoms with Crippen LogP contribution in [0.25, 0.3) is 0 Å². The Kier molecular flexibility index (Phi) is 3.77. The fourth-order valence-electron chi connectivity index (χ4n) is 2.50. The van der Waals surface area contributed by atoms with Crippen molar-refractivity contribution < 1.29 is 13.5 Å².